The maximum absolute atomic E-state index is 12.7. The number of carbonyl (C=O) groups excluding carboxylic acids is 2. The number of hydrogen-bond donors (Lipinski definition) is 0. The smallest absolute Gasteiger partial charge is 0.306 e. The quantitative estimate of drug-likeness (QED) is 0.0195. The van der Waals surface area contributed by atoms with Gasteiger partial charge in [-0.3, -0.25) is 14.2 Å². The van der Waals surface area contributed by atoms with E-state index in [2.05, 4.69) is 50.3 Å². The van der Waals surface area contributed by atoms with E-state index in [1.165, 1.54) is 148 Å². The minimum atomic E-state index is -4.63. The van der Waals surface area contributed by atoms with Crippen LogP contribution in [0.5, 0.6) is 0 Å². The second-order valence-electron chi connectivity index (χ2n) is 18.5. The van der Waals surface area contributed by atoms with Crippen LogP contribution < -0.4 is 4.89 Å². The lowest BCUT2D eigenvalue weighted by molar-refractivity contribution is -0.870. The molecule has 0 bridgehead atoms. The summed E-state index contributed by atoms with van der Waals surface area (Å²) in [6.07, 6.45) is 51.6. The van der Waals surface area contributed by atoms with Gasteiger partial charge >= 0.3 is 11.9 Å². The summed E-state index contributed by atoms with van der Waals surface area (Å²) in [5.74, 6) is -0.834. The first-order valence-corrected chi connectivity index (χ1v) is 27.2. The molecule has 0 aliphatic carbocycles. The molecular formula is C52H98NO8P. The van der Waals surface area contributed by atoms with Crippen molar-refractivity contribution >= 4 is 19.8 Å². The molecule has 0 fully saturated rings. The molecule has 0 saturated heterocycles. The summed E-state index contributed by atoms with van der Waals surface area (Å²) in [5, 5.41) is 0. The number of nitrogens with zero attached hydrogens (tertiary/aromatic N) is 1. The molecule has 0 rings (SSSR count). The highest BCUT2D eigenvalue weighted by Gasteiger charge is 2.21. The third-order valence-corrected chi connectivity index (χ3v) is 12.1. The number of allylic oxidation sites excluding steroid dienone is 6. The van der Waals surface area contributed by atoms with Crippen LogP contribution in [0.3, 0.4) is 0 Å². The van der Waals surface area contributed by atoms with Crippen LogP contribution in [0.25, 0.3) is 0 Å². The molecule has 0 saturated carbocycles. The van der Waals surface area contributed by atoms with Gasteiger partial charge in [0.15, 0.2) is 6.10 Å². The molecule has 0 aromatic heterocycles. The van der Waals surface area contributed by atoms with Gasteiger partial charge in [0.25, 0.3) is 7.82 Å². The second-order valence-corrected chi connectivity index (χ2v) is 19.9. The summed E-state index contributed by atoms with van der Waals surface area (Å²) >= 11 is 0. The molecule has 62 heavy (non-hydrogen) atoms. The van der Waals surface area contributed by atoms with Crippen molar-refractivity contribution in [1.82, 2.24) is 0 Å². The number of likely N-dealkylation sites (N-methyl/N-ethyl adjacent to an activating group) is 1. The van der Waals surface area contributed by atoms with Crippen LogP contribution in [0.15, 0.2) is 36.5 Å². The molecule has 0 aromatic rings. The third kappa shape index (κ3) is 47.7. The van der Waals surface area contributed by atoms with Crippen LogP contribution in [-0.2, 0) is 32.7 Å². The van der Waals surface area contributed by atoms with Crippen LogP contribution in [0, 0.1) is 0 Å². The topological polar surface area (TPSA) is 111 Å². The molecule has 0 N–H and O–H groups in total. The molecule has 0 heterocycles. The Bertz CT molecular complexity index is 1150. The van der Waals surface area contributed by atoms with Crippen LogP contribution in [-0.4, -0.2) is 70.0 Å². The second kappa shape index (κ2) is 44.4. The standard InChI is InChI=1S/C52H98NO8P/c1-6-8-10-12-14-16-18-20-22-24-26-28-30-32-34-36-38-40-42-44-51(54)58-48-50(49-60-62(56,57)59-47-46-53(3,4)5)61-52(55)45-43-41-39-37-35-33-31-29-27-25-23-21-19-17-15-13-11-9-7-2/h15,17,20-23,50H,6-14,16,18-19,24-49H2,1-5H3/b17-15+,22-20+,23-21+/t50-/m1/s1. The summed E-state index contributed by atoms with van der Waals surface area (Å²) in [6.45, 7) is 4.22. The van der Waals surface area contributed by atoms with Crippen molar-refractivity contribution in [3.63, 3.8) is 0 Å². The van der Waals surface area contributed by atoms with Crippen molar-refractivity contribution in [3.05, 3.63) is 36.5 Å². The van der Waals surface area contributed by atoms with E-state index in [0.717, 1.165) is 51.4 Å². The highest BCUT2D eigenvalue weighted by atomic mass is 31.2. The van der Waals surface area contributed by atoms with Gasteiger partial charge in [-0.2, -0.15) is 0 Å². The first kappa shape index (κ1) is 60.2. The molecule has 0 aliphatic heterocycles. The van der Waals surface area contributed by atoms with Gasteiger partial charge < -0.3 is 27.9 Å². The fourth-order valence-electron chi connectivity index (χ4n) is 7.09. The fourth-order valence-corrected chi connectivity index (χ4v) is 7.82. The van der Waals surface area contributed by atoms with E-state index >= 15 is 0 Å². The van der Waals surface area contributed by atoms with E-state index < -0.39 is 26.5 Å². The van der Waals surface area contributed by atoms with E-state index in [1.807, 2.05) is 21.1 Å². The Balaban J connectivity index is 4.25. The molecule has 0 aromatic carbocycles. The summed E-state index contributed by atoms with van der Waals surface area (Å²) < 4.78 is 34.1. The zero-order chi connectivity index (χ0) is 45.7. The minimum absolute atomic E-state index is 0.0316. The first-order chi connectivity index (χ1) is 30.0. The van der Waals surface area contributed by atoms with Crippen molar-refractivity contribution in [1.29, 1.82) is 0 Å². The molecule has 0 aliphatic rings. The average molecular weight is 896 g/mol. The molecule has 0 spiro atoms. The maximum atomic E-state index is 12.7. The zero-order valence-electron chi connectivity index (χ0n) is 41.1. The lowest BCUT2D eigenvalue weighted by Gasteiger charge is -2.28. The Morgan fingerprint density at radius 2 is 0.871 bits per heavy atom. The summed E-state index contributed by atoms with van der Waals surface area (Å²) in [7, 11) is 1.17. The highest BCUT2D eigenvalue weighted by molar-refractivity contribution is 7.45. The Hall–Kier alpha value is -1.77. The van der Waals surface area contributed by atoms with E-state index in [4.69, 9.17) is 18.5 Å². The van der Waals surface area contributed by atoms with E-state index in [1.54, 1.807) is 0 Å². The van der Waals surface area contributed by atoms with Gasteiger partial charge in [-0.05, 0) is 70.6 Å². The van der Waals surface area contributed by atoms with Crippen molar-refractivity contribution in [2.45, 2.75) is 238 Å². The summed E-state index contributed by atoms with van der Waals surface area (Å²) in [5.41, 5.74) is 0. The molecule has 9 nitrogen and oxygen atoms in total. The maximum Gasteiger partial charge on any atom is 0.306 e. The molecule has 2 atom stereocenters. The molecule has 364 valence electrons. The van der Waals surface area contributed by atoms with E-state index in [0.29, 0.717) is 17.4 Å². The number of rotatable bonds is 47. The number of quaternary nitrogens is 1. The lowest BCUT2D eigenvalue weighted by atomic mass is 10.1. The SMILES string of the molecule is CCCCC/C=C/C/C=C/CCCCCCCCCCCC(=O)O[C@H](COC(=O)CCCCCCCCCCC/C=C/CCCCCCCC)COP(=O)([O-])OCC[N+](C)(C)C. The third-order valence-electron chi connectivity index (χ3n) is 11.1. The van der Waals surface area contributed by atoms with Crippen molar-refractivity contribution < 1.29 is 42.1 Å². The molecule has 1 unspecified atom stereocenters. The molecular weight excluding hydrogens is 798 g/mol. The number of unbranched alkanes of at least 4 members (excludes halogenated alkanes) is 27. The number of esters is 2. The predicted molar refractivity (Wildman–Crippen MR) is 259 cm³/mol. The van der Waals surface area contributed by atoms with Crippen molar-refractivity contribution in [3.8, 4) is 0 Å². The van der Waals surface area contributed by atoms with Crippen molar-refractivity contribution in [2.24, 2.45) is 0 Å². The van der Waals surface area contributed by atoms with Gasteiger partial charge in [-0.15, -0.1) is 0 Å². The summed E-state index contributed by atoms with van der Waals surface area (Å²) in [6, 6.07) is 0. The Kier molecular flexibility index (Phi) is 43.2. The average Bonchev–Trinajstić information content (AvgIpc) is 3.23. The van der Waals surface area contributed by atoms with Gasteiger partial charge in [0, 0.05) is 12.8 Å². The normalized spacial score (nSPS) is 13.7. The Morgan fingerprint density at radius 3 is 1.32 bits per heavy atom. The number of hydrogen-bond acceptors (Lipinski definition) is 8. The first-order valence-electron chi connectivity index (χ1n) is 25.7. The van der Waals surface area contributed by atoms with E-state index in [-0.39, 0.29) is 32.0 Å². The fraction of sp³-hybridized carbons (Fsp3) is 0.846. The summed E-state index contributed by atoms with van der Waals surface area (Å²) in [4.78, 5) is 37.7. The minimum Gasteiger partial charge on any atom is -0.756 e. The molecule has 10 heteroatoms. The molecule has 0 radical (unpaired) electrons. The van der Waals surface area contributed by atoms with Crippen molar-refractivity contribution in [2.75, 3.05) is 47.5 Å². The van der Waals surface area contributed by atoms with Crippen LogP contribution in [0.4, 0.5) is 0 Å². The van der Waals surface area contributed by atoms with E-state index in [9.17, 15) is 19.0 Å². The predicted octanol–water partition coefficient (Wildman–Crippen LogP) is 14.6. The number of phosphoric acid groups is 1. The zero-order valence-corrected chi connectivity index (χ0v) is 42.0. The number of ether oxygens (including phenoxy) is 2. The van der Waals surface area contributed by atoms with Gasteiger partial charge in [-0.1, -0.05) is 185 Å². The lowest BCUT2D eigenvalue weighted by Crippen LogP contribution is -2.37. The largest absolute Gasteiger partial charge is 0.756 e. The monoisotopic (exact) mass is 896 g/mol. The van der Waals surface area contributed by atoms with Crippen LogP contribution in [0.2, 0.25) is 0 Å². The van der Waals surface area contributed by atoms with Gasteiger partial charge in [-0.25, -0.2) is 0 Å². The number of carbonyl (C=O) groups is 2. The highest BCUT2D eigenvalue weighted by Crippen LogP contribution is 2.38. The van der Waals surface area contributed by atoms with Crippen LogP contribution >= 0.6 is 7.82 Å². The Labute approximate surface area is 382 Å². The van der Waals surface area contributed by atoms with Gasteiger partial charge in [0.1, 0.15) is 19.8 Å². The molecule has 0 amide bonds. The number of phosphoric ester groups is 1. The van der Waals surface area contributed by atoms with Gasteiger partial charge in [0.05, 0.1) is 27.7 Å². The van der Waals surface area contributed by atoms with Gasteiger partial charge in [0.2, 0.25) is 0 Å². The Morgan fingerprint density at radius 1 is 0.500 bits per heavy atom. The van der Waals surface area contributed by atoms with Crippen LogP contribution in [0.1, 0.15) is 232 Å².